The number of rotatable bonds is 6. The van der Waals surface area contributed by atoms with Crippen molar-refractivity contribution in [3.8, 4) is 5.75 Å². The van der Waals surface area contributed by atoms with Gasteiger partial charge in [0.2, 0.25) is 0 Å². The minimum atomic E-state index is -0.257. The molecule has 0 spiro atoms. The van der Waals surface area contributed by atoms with Gasteiger partial charge in [-0.2, -0.15) is 0 Å². The molecule has 0 aromatic heterocycles. The van der Waals surface area contributed by atoms with Crippen LogP contribution in [0, 0.1) is 0 Å². The van der Waals surface area contributed by atoms with Crippen LogP contribution >= 0.6 is 0 Å². The van der Waals surface area contributed by atoms with Gasteiger partial charge in [0.25, 0.3) is 0 Å². The number of hydrogen-bond acceptors (Lipinski definition) is 3. The fourth-order valence-electron chi connectivity index (χ4n) is 2.82. The third-order valence-corrected chi connectivity index (χ3v) is 4.33. The summed E-state index contributed by atoms with van der Waals surface area (Å²) in [6.07, 6.45) is 0.769. The van der Waals surface area contributed by atoms with E-state index in [4.69, 9.17) is 9.47 Å². The van der Waals surface area contributed by atoms with Gasteiger partial charge in [-0.05, 0) is 53.4 Å². The Balaban J connectivity index is 1.57. The molecule has 25 heavy (non-hydrogen) atoms. The summed E-state index contributed by atoms with van der Waals surface area (Å²) in [5, 5.41) is 2.34. The molecule has 0 saturated carbocycles. The second-order valence-electron chi connectivity index (χ2n) is 6.09. The molecule has 128 valence electrons. The predicted octanol–water partition coefficient (Wildman–Crippen LogP) is 5.09. The maximum absolute atomic E-state index is 12.1. The minimum Gasteiger partial charge on any atom is -0.497 e. The molecule has 0 aliphatic carbocycles. The van der Waals surface area contributed by atoms with E-state index in [9.17, 15) is 4.79 Å². The zero-order valence-electron chi connectivity index (χ0n) is 14.6. The monoisotopic (exact) mass is 334 g/mol. The molecule has 3 nitrogen and oxygen atoms in total. The van der Waals surface area contributed by atoms with Gasteiger partial charge in [0.05, 0.1) is 7.11 Å². The van der Waals surface area contributed by atoms with Gasteiger partial charge in [-0.3, -0.25) is 4.79 Å². The molecule has 3 heteroatoms. The molecule has 0 aliphatic heterocycles. The van der Waals surface area contributed by atoms with E-state index >= 15 is 0 Å². The van der Waals surface area contributed by atoms with Crippen molar-refractivity contribution in [3.63, 3.8) is 0 Å². The molecule has 0 fully saturated rings. The van der Waals surface area contributed by atoms with E-state index in [-0.39, 0.29) is 12.1 Å². The second kappa shape index (κ2) is 7.84. The number of aryl methyl sites for hydroxylation is 1. The van der Waals surface area contributed by atoms with Crippen LogP contribution in [-0.4, -0.2) is 13.1 Å². The van der Waals surface area contributed by atoms with Crippen molar-refractivity contribution >= 4 is 16.7 Å². The number of benzene rings is 3. The molecule has 0 N–H and O–H groups in total. The molecule has 1 atom stereocenters. The van der Waals surface area contributed by atoms with Gasteiger partial charge in [0.1, 0.15) is 11.9 Å². The van der Waals surface area contributed by atoms with Crippen LogP contribution in [0.25, 0.3) is 10.8 Å². The molecule has 0 saturated heterocycles. The first-order chi connectivity index (χ1) is 12.2. The summed E-state index contributed by atoms with van der Waals surface area (Å²) in [7, 11) is 1.64. The zero-order chi connectivity index (χ0) is 17.6. The Bertz CT molecular complexity index is 853. The molecule has 0 amide bonds. The Hall–Kier alpha value is -2.81. The fourth-order valence-corrected chi connectivity index (χ4v) is 2.82. The summed E-state index contributed by atoms with van der Waals surface area (Å²) >= 11 is 0. The molecule has 0 bridgehead atoms. The van der Waals surface area contributed by atoms with E-state index in [1.807, 2.05) is 49.4 Å². The van der Waals surface area contributed by atoms with Gasteiger partial charge in [-0.25, -0.2) is 0 Å². The second-order valence-corrected chi connectivity index (χ2v) is 6.09. The number of esters is 1. The number of ether oxygens (including phenoxy) is 2. The van der Waals surface area contributed by atoms with E-state index in [1.54, 1.807) is 7.11 Å². The van der Waals surface area contributed by atoms with E-state index in [0.717, 1.165) is 22.3 Å². The SMILES string of the molecule is COc1ccc(CCC(=O)OC(C)c2ccc3ccccc3c2)cc1. The van der Waals surface area contributed by atoms with Crippen molar-refractivity contribution in [2.45, 2.75) is 25.9 Å². The van der Waals surface area contributed by atoms with Crippen LogP contribution in [0.15, 0.2) is 66.7 Å². The van der Waals surface area contributed by atoms with Gasteiger partial charge in [-0.1, -0.05) is 48.5 Å². The number of methoxy groups -OCH3 is 1. The third-order valence-electron chi connectivity index (χ3n) is 4.33. The van der Waals surface area contributed by atoms with Gasteiger partial charge >= 0.3 is 5.97 Å². The highest BCUT2D eigenvalue weighted by molar-refractivity contribution is 5.83. The minimum absolute atomic E-state index is 0.184. The van der Waals surface area contributed by atoms with E-state index in [2.05, 4.69) is 24.3 Å². The number of fused-ring (bicyclic) bond motifs is 1. The Labute approximate surface area is 148 Å². The molecule has 0 radical (unpaired) electrons. The van der Waals surface area contributed by atoms with Crippen molar-refractivity contribution in [3.05, 3.63) is 77.9 Å². The molecular formula is C22H22O3. The van der Waals surface area contributed by atoms with E-state index < -0.39 is 0 Å². The zero-order valence-corrected chi connectivity index (χ0v) is 14.6. The van der Waals surface area contributed by atoms with Crippen LogP contribution in [0.5, 0.6) is 5.75 Å². The number of hydrogen-bond donors (Lipinski definition) is 0. The van der Waals surface area contributed by atoms with Crippen LogP contribution in [-0.2, 0) is 16.0 Å². The van der Waals surface area contributed by atoms with Crippen molar-refractivity contribution in [2.24, 2.45) is 0 Å². The lowest BCUT2D eigenvalue weighted by Crippen LogP contribution is -2.09. The van der Waals surface area contributed by atoms with Crippen LogP contribution in [0.2, 0.25) is 0 Å². The maximum Gasteiger partial charge on any atom is 0.306 e. The van der Waals surface area contributed by atoms with E-state index in [1.165, 1.54) is 5.39 Å². The summed E-state index contributed by atoms with van der Waals surface area (Å²) in [5.74, 6) is 0.632. The smallest absolute Gasteiger partial charge is 0.306 e. The largest absolute Gasteiger partial charge is 0.497 e. The highest BCUT2D eigenvalue weighted by Crippen LogP contribution is 2.23. The molecule has 0 aliphatic rings. The number of carbonyl (C=O) groups is 1. The lowest BCUT2D eigenvalue weighted by atomic mass is 10.0. The lowest BCUT2D eigenvalue weighted by Gasteiger charge is -2.14. The van der Waals surface area contributed by atoms with Gasteiger partial charge in [0, 0.05) is 6.42 Å². The Morgan fingerprint density at radius 2 is 1.68 bits per heavy atom. The van der Waals surface area contributed by atoms with Gasteiger partial charge < -0.3 is 9.47 Å². The van der Waals surface area contributed by atoms with Crippen molar-refractivity contribution in [1.82, 2.24) is 0 Å². The first-order valence-electron chi connectivity index (χ1n) is 8.47. The third kappa shape index (κ3) is 4.38. The standard InChI is InChI=1S/C22H22O3/c1-16(19-11-10-18-5-3-4-6-20(18)15-19)25-22(23)14-9-17-7-12-21(24-2)13-8-17/h3-8,10-13,15-16H,9,14H2,1-2H3. The van der Waals surface area contributed by atoms with Crippen LogP contribution in [0.1, 0.15) is 30.6 Å². The van der Waals surface area contributed by atoms with Gasteiger partial charge in [-0.15, -0.1) is 0 Å². The average Bonchev–Trinajstić information content (AvgIpc) is 2.66. The highest BCUT2D eigenvalue weighted by atomic mass is 16.5. The Kier molecular flexibility index (Phi) is 5.34. The van der Waals surface area contributed by atoms with Crippen LogP contribution < -0.4 is 4.74 Å². The summed E-state index contributed by atoms with van der Waals surface area (Å²) in [6.45, 7) is 1.91. The molecule has 0 heterocycles. The molecule has 3 aromatic rings. The maximum atomic E-state index is 12.1. The molecular weight excluding hydrogens is 312 g/mol. The molecule has 3 aromatic carbocycles. The number of carbonyl (C=O) groups excluding carboxylic acids is 1. The average molecular weight is 334 g/mol. The Morgan fingerprint density at radius 3 is 2.40 bits per heavy atom. The van der Waals surface area contributed by atoms with Crippen molar-refractivity contribution in [1.29, 1.82) is 0 Å². The first-order valence-corrected chi connectivity index (χ1v) is 8.47. The molecule has 1 unspecified atom stereocenters. The normalized spacial score (nSPS) is 11.9. The summed E-state index contributed by atoms with van der Waals surface area (Å²) in [6, 6.07) is 22.1. The first kappa shape index (κ1) is 17.0. The summed E-state index contributed by atoms with van der Waals surface area (Å²) in [5.41, 5.74) is 2.10. The Morgan fingerprint density at radius 1 is 0.960 bits per heavy atom. The summed E-state index contributed by atoms with van der Waals surface area (Å²) in [4.78, 5) is 12.1. The fraction of sp³-hybridized carbons (Fsp3) is 0.227. The topological polar surface area (TPSA) is 35.5 Å². The van der Waals surface area contributed by atoms with Gasteiger partial charge in [0.15, 0.2) is 0 Å². The summed E-state index contributed by atoms with van der Waals surface area (Å²) < 4.78 is 10.7. The lowest BCUT2D eigenvalue weighted by molar-refractivity contribution is -0.148. The quantitative estimate of drug-likeness (QED) is 0.589. The van der Waals surface area contributed by atoms with Crippen LogP contribution in [0.4, 0.5) is 0 Å². The van der Waals surface area contributed by atoms with Crippen LogP contribution in [0.3, 0.4) is 0 Å². The van der Waals surface area contributed by atoms with E-state index in [0.29, 0.717) is 12.8 Å². The van der Waals surface area contributed by atoms with Crippen molar-refractivity contribution in [2.75, 3.05) is 7.11 Å². The predicted molar refractivity (Wildman–Crippen MR) is 99.8 cm³/mol. The molecule has 3 rings (SSSR count). The highest BCUT2D eigenvalue weighted by Gasteiger charge is 2.12. The van der Waals surface area contributed by atoms with Crippen molar-refractivity contribution < 1.29 is 14.3 Å².